The average molecular weight is 375 g/mol. The van der Waals surface area contributed by atoms with Crippen molar-refractivity contribution in [3.63, 3.8) is 0 Å². The van der Waals surface area contributed by atoms with Crippen LogP contribution in [0.1, 0.15) is 57.0 Å². The summed E-state index contributed by atoms with van der Waals surface area (Å²) < 4.78 is 9.59. The van der Waals surface area contributed by atoms with Crippen molar-refractivity contribution in [2.45, 2.75) is 46.6 Å². The van der Waals surface area contributed by atoms with E-state index in [1.807, 2.05) is 13.8 Å². The predicted molar refractivity (Wildman–Crippen MR) is 104 cm³/mol. The van der Waals surface area contributed by atoms with E-state index in [-0.39, 0.29) is 23.5 Å². The largest absolute Gasteiger partial charge is 0.465 e. The molecule has 6 heteroatoms. The van der Waals surface area contributed by atoms with E-state index >= 15 is 0 Å². The van der Waals surface area contributed by atoms with Crippen LogP contribution in [0.4, 0.5) is 0 Å². The van der Waals surface area contributed by atoms with E-state index in [2.05, 4.69) is 30.8 Å². The summed E-state index contributed by atoms with van der Waals surface area (Å²) in [5, 5.41) is 2.88. The van der Waals surface area contributed by atoms with Gasteiger partial charge in [0.25, 0.3) is 5.91 Å². The number of amides is 1. The smallest absolute Gasteiger partial charge is 0.337 e. The van der Waals surface area contributed by atoms with Crippen LogP contribution in [0.15, 0.2) is 30.3 Å². The zero-order chi connectivity index (χ0) is 20.7. The zero-order valence-electron chi connectivity index (χ0n) is 16.9. The van der Waals surface area contributed by atoms with Gasteiger partial charge in [0.05, 0.1) is 12.7 Å². The van der Waals surface area contributed by atoms with Crippen molar-refractivity contribution in [3.8, 4) is 0 Å². The Kier molecular flexibility index (Phi) is 7.76. The van der Waals surface area contributed by atoms with Crippen molar-refractivity contribution in [1.29, 1.82) is 0 Å². The number of benzene rings is 1. The highest BCUT2D eigenvalue weighted by Crippen LogP contribution is 2.26. The summed E-state index contributed by atoms with van der Waals surface area (Å²) >= 11 is 0. The van der Waals surface area contributed by atoms with Gasteiger partial charge >= 0.3 is 11.9 Å². The normalized spacial score (nSPS) is 11.9. The van der Waals surface area contributed by atoms with E-state index in [4.69, 9.17) is 4.74 Å². The number of methoxy groups -OCH3 is 1. The number of carbonyl (C=O) groups is 3. The highest BCUT2D eigenvalue weighted by atomic mass is 16.5. The molecule has 148 valence electrons. The van der Waals surface area contributed by atoms with E-state index in [1.165, 1.54) is 13.2 Å². The summed E-state index contributed by atoms with van der Waals surface area (Å²) in [5.74, 6) is -1.38. The Morgan fingerprint density at radius 1 is 1.04 bits per heavy atom. The Hall–Kier alpha value is -2.63. The Morgan fingerprint density at radius 2 is 1.63 bits per heavy atom. The van der Waals surface area contributed by atoms with Crippen LogP contribution in [0.25, 0.3) is 6.08 Å². The molecule has 1 amide bonds. The molecule has 0 aliphatic carbocycles. The van der Waals surface area contributed by atoms with E-state index in [0.29, 0.717) is 5.56 Å². The maximum absolute atomic E-state index is 12.0. The molecule has 0 atom stereocenters. The molecule has 1 aromatic rings. The van der Waals surface area contributed by atoms with Gasteiger partial charge in [-0.3, -0.25) is 4.79 Å². The third kappa shape index (κ3) is 9.03. The van der Waals surface area contributed by atoms with Gasteiger partial charge in [-0.25, -0.2) is 9.59 Å². The van der Waals surface area contributed by atoms with Gasteiger partial charge in [0, 0.05) is 11.6 Å². The van der Waals surface area contributed by atoms with E-state index < -0.39 is 11.9 Å². The van der Waals surface area contributed by atoms with E-state index in [1.54, 1.807) is 30.3 Å². The number of hydrogen-bond donors (Lipinski definition) is 1. The number of ether oxygens (including phenoxy) is 2. The van der Waals surface area contributed by atoms with Gasteiger partial charge in [-0.15, -0.1) is 0 Å². The Labute approximate surface area is 160 Å². The highest BCUT2D eigenvalue weighted by molar-refractivity contribution is 5.91. The molecule has 0 saturated heterocycles. The van der Waals surface area contributed by atoms with Gasteiger partial charge in [0.2, 0.25) is 0 Å². The third-order valence-corrected chi connectivity index (χ3v) is 3.54. The molecule has 1 N–H and O–H groups in total. The molecule has 0 aromatic heterocycles. The molecule has 0 heterocycles. The van der Waals surface area contributed by atoms with Gasteiger partial charge in [0.1, 0.15) is 0 Å². The van der Waals surface area contributed by atoms with Crippen molar-refractivity contribution < 1.29 is 23.9 Å². The Morgan fingerprint density at radius 3 is 2.15 bits per heavy atom. The summed E-state index contributed by atoms with van der Waals surface area (Å²) in [6.07, 6.45) is 3.58. The first-order chi connectivity index (χ1) is 12.4. The van der Waals surface area contributed by atoms with Crippen LogP contribution in [0.5, 0.6) is 0 Å². The Bertz CT molecular complexity index is 696. The molecule has 0 unspecified atom stereocenters. The second-order valence-electron chi connectivity index (χ2n) is 8.22. The lowest BCUT2D eigenvalue weighted by molar-refractivity contribution is -0.144. The second-order valence-corrected chi connectivity index (χ2v) is 8.22. The SMILES string of the molecule is COC(=O)c1ccc(/C=C/C(=O)OCC(=O)NC(C)(C)CC(C)(C)C)cc1. The van der Waals surface area contributed by atoms with Gasteiger partial charge in [0.15, 0.2) is 6.61 Å². The van der Waals surface area contributed by atoms with Crippen LogP contribution in [0.2, 0.25) is 0 Å². The molecule has 0 bridgehead atoms. The number of esters is 2. The molecule has 6 nitrogen and oxygen atoms in total. The molecule has 0 radical (unpaired) electrons. The Balaban J connectivity index is 2.49. The number of rotatable bonds is 7. The average Bonchev–Trinajstić information content (AvgIpc) is 2.55. The van der Waals surface area contributed by atoms with E-state index in [9.17, 15) is 14.4 Å². The minimum absolute atomic E-state index is 0.0691. The van der Waals surface area contributed by atoms with Crippen molar-refractivity contribution in [2.75, 3.05) is 13.7 Å². The van der Waals surface area contributed by atoms with Gasteiger partial charge in [-0.05, 0) is 49.5 Å². The minimum atomic E-state index is -0.615. The molecule has 0 aliphatic heterocycles. The molecular formula is C21H29NO5. The zero-order valence-corrected chi connectivity index (χ0v) is 16.9. The lowest BCUT2D eigenvalue weighted by Crippen LogP contribution is -2.47. The first kappa shape index (κ1) is 22.4. The highest BCUT2D eigenvalue weighted by Gasteiger charge is 2.27. The minimum Gasteiger partial charge on any atom is -0.465 e. The molecule has 0 aliphatic rings. The van der Waals surface area contributed by atoms with Gasteiger partial charge < -0.3 is 14.8 Å². The van der Waals surface area contributed by atoms with Gasteiger partial charge in [-0.2, -0.15) is 0 Å². The predicted octanol–water partition coefficient (Wildman–Crippen LogP) is 3.36. The van der Waals surface area contributed by atoms with E-state index in [0.717, 1.165) is 12.0 Å². The van der Waals surface area contributed by atoms with Crippen molar-refractivity contribution in [1.82, 2.24) is 5.32 Å². The summed E-state index contributed by atoms with van der Waals surface area (Å²) in [4.78, 5) is 35.1. The fourth-order valence-corrected chi connectivity index (χ4v) is 2.98. The standard InChI is InChI=1S/C21H29NO5/c1-20(2,3)14-21(4,5)22-17(23)13-27-18(24)12-9-15-7-10-16(11-8-15)19(25)26-6/h7-12H,13-14H2,1-6H3,(H,22,23)/b12-9+. The molecule has 0 saturated carbocycles. The molecule has 27 heavy (non-hydrogen) atoms. The molecule has 1 aromatic carbocycles. The van der Waals surface area contributed by atoms with Crippen LogP contribution in [0.3, 0.4) is 0 Å². The number of hydrogen-bond acceptors (Lipinski definition) is 5. The quantitative estimate of drug-likeness (QED) is 0.584. The molecule has 0 spiro atoms. The van der Waals surface area contributed by atoms with Crippen LogP contribution in [-0.4, -0.2) is 37.1 Å². The maximum Gasteiger partial charge on any atom is 0.337 e. The maximum atomic E-state index is 12.0. The number of carbonyl (C=O) groups excluding carboxylic acids is 3. The molecule has 1 rings (SSSR count). The van der Waals surface area contributed by atoms with Crippen molar-refractivity contribution in [3.05, 3.63) is 41.5 Å². The topological polar surface area (TPSA) is 81.7 Å². The van der Waals surface area contributed by atoms with Crippen molar-refractivity contribution in [2.24, 2.45) is 5.41 Å². The number of nitrogens with one attached hydrogen (secondary N) is 1. The fourth-order valence-electron chi connectivity index (χ4n) is 2.98. The van der Waals surface area contributed by atoms with Crippen LogP contribution in [0, 0.1) is 5.41 Å². The summed E-state index contributed by atoms with van der Waals surface area (Å²) in [6.45, 7) is 9.85. The second kappa shape index (κ2) is 9.35. The molecule has 0 fully saturated rings. The van der Waals surface area contributed by atoms with Crippen LogP contribution >= 0.6 is 0 Å². The first-order valence-corrected chi connectivity index (χ1v) is 8.76. The fraction of sp³-hybridized carbons (Fsp3) is 0.476. The third-order valence-electron chi connectivity index (χ3n) is 3.54. The molecular weight excluding hydrogens is 346 g/mol. The van der Waals surface area contributed by atoms with Crippen molar-refractivity contribution >= 4 is 23.9 Å². The first-order valence-electron chi connectivity index (χ1n) is 8.76. The van der Waals surface area contributed by atoms with Crippen LogP contribution < -0.4 is 5.32 Å². The summed E-state index contributed by atoms with van der Waals surface area (Å²) in [5.41, 5.74) is 0.820. The lowest BCUT2D eigenvalue weighted by Gasteiger charge is -2.33. The lowest BCUT2D eigenvalue weighted by atomic mass is 9.82. The van der Waals surface area contributed by atoms with Gasteiger partial charge in [-0.1, -0.05) is 32.9 Å². The monoisotopic (exact) mass is 375 g/mol. The van der Waals surface area contributed by atoms with Crippen LogP contribution in [-0.2, 0) is 19.1 Å². The summed E-state index contributed by atoms with van der Waals surface area (Å²) in [7, 11) is 1.31. The summed E-state index contributed by atoms with van der Waals surface area (Å²) in [6, 6.07) is 6.55.